The van der Waals surface area contributed by atoms with Gasteiger partial charge in [0.2, 0.25) is 11.8 Å². The third kappa shape index (κ3) is 9.15. The van der Waals surface area contributed by atoms with Crippen molar-refractivity contribution in [2.24, 2.45) is 0 Å². The number of halogens is 1. The maximum Gasteiger partial charge on any atom is 0.243 e. The Bertz CT molecular complexity index is 1150. The molecular weight excluding hydrogens is 524 g/mol. The molecule has 0 saturated heterocycles. The highest BCUT2D eigenvalue weighted by atomic mass is 79.9. The van der Waals surface area contributed by atoms with Gasteiger partial charge in [-0.2, -0.15) is 0 Å². The van der Waals surface area contributed by atoms with E-state index in [0.29, 0.717) is 31.7 Å². The van der Waals surface area contributed by atoms with Gasteiger partial charge in [0.15, 0.2) is 0 Å². The summed E-state index contributed by atoms with van der Waals surface area (Å²) < 4.78 is 0.977. The summed E-state index contributed by atoms with van der Waals surface area (Å²) >= 11 is 3.49. The van der Waals surface area contributed by atoms with Crippen LogP contribution in [0.2, 0.25) is 0 Å². The van der Waals surface area contributed by atoms with Crippen molar-refractivity contribution in [3.8, 4) is 0 Å². The largest absolute Gasteiger partial charge is 0.350 e. The molecule has 37 heavy (non-hydrogen) atoms. The second-order valence-electron chi connectivity index (χ2n) is 11.0. The smallest absolute Gasteiger partial charge is 0.243 e. The lowest BCUT2D eigenvalue weighted by molar-refractivity contribution is -0.141. The Kier molecular flexibility index (Phi) is 10.1. The molecule has 2 amide bonds. The maximum absolute atomic E-state index is 13.8. The van der Waals surface area contributed by atoms with Gasteiger partial charge in [-0.3, -0.25) is 9.59 Å². The molecular formula is C32H39BrN2O2. The standard InChI is InChI=1S/C32H39BrN2O2/c1-23(2)27-16-11-24(12-17-27)15-20-30(36)35(22-26-13-18-28(33)19-14-26)29(31(37)34-32(3,4)5)21-25-9-7-6-8-10-25/h6-14,16-19,23,29H,15,20-22H2,1-5H3,(H,34,37)/t29-/m1/s1. The summed E-state index contributed by atoms with van der Waals surface area (Å²) in [5.74, 6) is 0.307. The third-order valence-electron chi connectivity index (χ3n) is 6.31. The Morgan fingerprint density at radius 3 is 2.00 bits per heavy atom. The topological polar surface area (TPSA) is 49.4 Å². The number of amides is 2. The van der Waals surface area contributed by atoms with Crippen LogP contribution in [0, 0.1) is 0 Å². The first-order valence-electron chi connectivity index (χ1n) is 13.0. The van der Waals surface area contributed by atoms with E-state index in [1.165, 1.54) is 5.56 Å². The molecule has 0 bridgehead atoms. The minimum absolute atomic E-state index is 0.0270. The second-order valence-corrected chi connectivity index (χ2v) is 11.9. The first-order chi connectivity index (χ1) is 17.5. The van der Waals surface area contributed by atoms with Gasteiger partial charge in [-0.05, 0) is 67.5 Å². The van der Waals surface area contributed by atoms with Crippen LogP contribution in [0.5, 0.6) is 0 Å². The van der Waals surface area contributed by atoms with Gasteiger partial charge in [-0.25, -0.2) is 0 Å². The third-order valence-corrected chi connectivity index (χ3v) is 6.84. The van der Waals surface area contributed by atoms with E-state index in [1.54, 1.807) is 4.90 Å². The van der Waals surface area contributed by atoms with Gasteiger partial charge in [0, 0.05) is 29.4 Å². The van der Waals surface area contributed by atoms with Gasteiger partial charge in [0.05, 0.1) is 0 Å². The molecule has 3 aromatic rings. The number of hydrogen-bond acceptors (Lipinski definition) is 2. The zero-order valence-corrected chi connectivity index (χ0v) is 24.2. The number of aryl methyl sites for hydroxylation is 1. The Morgan fingerprint density at radius 2 is 1.43 bits per heavy atom. The van der Waals surface area contributed by atoms with E-state index in [-0.39, 0.29) is 11.8 Å². The molecule has 4 nitrogen and oxygen atoms in total. The van der Waals surface area contributed by atoms with Gasteiger partial charge in [0.25, 0.3) is 0 Å². The maximum atomic E-state index is 13.8. The van der Waals surface area contributed by atoms with E-state index in [2.05, 4.69) is 59.4 Å². The number of hydrogen-bond donors (Lipinski definition) is 1. The molecule has 196 valence electrons. The van der Waals surface area contributed by atoms with Gasteiger partial charge >= 0.3 is 0 Å². The first kappa shape index (κ1) is 28.6. The summed E-state index contributed by atoms with van der Waals surface area (Å²) in [6.45, 7) is 10.6. The van der Waals surface area contributed by atoms with Crippen molar-refractivity contribution >= 4 is 27.7 Å². The minimum atomic E-state index is -0.624. The second kappa shape index (κ2) is 13.0. The SMILES string of the molecule is CC(C)c1ccc(CCC(=O)N(Cc2ccc(Br)cc2)[C@H](Cc2ccccc2)C(=O)NC(C)(C)C)cc1. The molecule has 0 aliphatic carbocycles. The van der Waals surface area contributed by atoms with Crippen molar-refractivity contribution in [2.75, 3.05) is 0 Å². The van der Waals surface area contributed by atoms with E-state index in [0.717, 1.165) is 21.2 Å². The van der Waals surface area contributed by atoms with Gasteiger partial charge in [0.1, 0.15) is 6.04 Å². The average Bonchev–Trinajstić information content (AvgIpc) is 2.85. The fourth-order valence-electron chi connectivity index (χ4n) is 4.26. The summed E-state index contributed by atoms with van der Waals surface area (Å²) in [5, 5.41) is 3.12. The summed E-state index contributed by atoms with van der Waals surface area (Å²) in [4.78, 5) is 29.2. The van der Waals surface area contributed by atoms with Crippen molar-refractivity contribution < 1.29 is 9.59 Å². The van der Waals surface area contributed by atoms with Gasteiger partial charge < -0.3 is 10.2 Å². The van der Waals surface area contributed by atoms with E-state index < -0.39 is 11.6 Å². The fourth-order valence-corrected chi connectivity index (χ4v) is 4.52. The molecule has 0 spiro atoms. The molecule has 3 rings (SSSR count). The monoisotopic (exact) mass is 562 g/mol. The van der Waals surface area contributed by atoms with Crippen molar-refractivity contribution in [2.45, 2.75) is 77.9 Å². The number of nitrogens with zero attached hydrogens (tertiary/aromatic N) is 1. The van der Waals surface area contributed by atoms with E-state index in [4.69, 9.17) is 0 Å². The van der Waals surface area contributed by atoms with Crippen LogP contribution < -0.4 is 5.32 Å². The molecule has 1 N–H and O–H groups in total. The molecule has 0 fully saturated rings. The Labute approximate surface area is 230 Å². The quantitative estimate of drug-likeness (QED) is 0.287. The Balaban J connectivity index is 1.89. The fraction of sp³-hybridized carbons (Fsp3) is 0.375. The highest BCUT2D eigenvalue weighted by Crippen LogP contribution is 2.20. The van der Waals surface area contributed by atoms with Gasteiger partial charge in [-0.15, -0.1) is 0 Å². The molecule has 0 radical (unpaired) electrons. The number of rotatable bonds is 10. The van der Waals surface area contributed by atoms with E-state index in [9.17, 15) is 9.59 Å². The first-order valence-corrected chi connectivity index (χ1v) is 13.8. The highest BCUT2D eigenvalue weighted by Gasteiger charge is 2.32. The van der Waals surface area contributed by atoms with Crippen molar-refractivity contribution in [3.05, 3.63) is 106 Å². The molecule has 5 heteroatoms. The molecule has 0 saturated carbocycles. The van der Waals surface area contributed by atoms with Crippen molar-refractivity contribution in [1.29, 1.82) is 0 Å². The van der Waals surface area contributed by atoms with E-state index >= 15 is 0 Å². The number of nitrogens with one attached hydrogen (secondary N) is 1. The lowest BCUT2D eigenvalue weighted by Crippen LogP contribution is -2.54. The number of benzene rings is 3. The molecule has 3 aromatic carbocycles. The van der Waals surface area contributed by atoms with Crippen LogP contribution in [-0.4, -0.2) is 28.3 Å². The summed E-state index contributed by atoms with van der Waals surface area (Å²) in [6, 6.07) is 25.7. The summed E-state index contributed by atoms with van der Waals surface area (Å²) in [7, 11) is 0. The van der Waals surface area contributed by atoms with Crippen LogP contribution in [0.1, 0.15) is 69.2 Å². The summed E-state index contributed by atoms with van der Waals surface area (Å²) in [5.41, 5.74) is 4.01. The van der Waals surface area contributed by atoms with Gasteiger partial charge in [-0.1, -0.05) is 96.5 Å². The van der Waals surface area contributed by atoms with Crippen LogP contribution in [0.4, 0.5) is 0 Å². The Morgan fingerprint density at radius 1 is 0.838 bits per heavy atom. The number of carbonyl (C=O) groups is 2. The van der Waals surface area contributed by atoms with Crippen LogP contribution in [0.3, 0.4) is 0 Å². The lowest BCUT2D eigenvalue weighted by Gasteiger charge is -2.34. The van der Waals surface area contributed by atoms with E-state index in [1.807, 2.05) is 75.4 Å². The molecule has 0 aromatic heterocycles. The van der Waals surface area contributed by atoms with Crippen LogP contribution >= 0.6 is 15.9 Å². The minimum Gasteiger partial charge on any atom is -0.350 e. The van der Waals surface area contributed by atoms with Crippen LogP contribution in [-0.2, 0) is 29.0 Å². The molecule has 0 unspecified atom stereocenters. The van der Waals surface area contributed by atoms with Crippen LogP contribution in [0.15, 0.2) is 83.3 Å². The highest BCUT2D eigenvalue weighted by molar-refractivity contribution is 9.10. The van der Waals surface area contributed by atoms with Crippen LogP contribution in [0.25, 0.3) is 0 Å². The molecule has 0 aliphatic heterocycles. The summed E-state index contributed by atoms with van der Waals surface area (Å²) in [6.07, 6.45) is 1.42. The normalized spacial score (nSPS) is 12.3. The zero-order chi connectivity index (χ0) is 27.0. The molecule has 0 heterocycles. The van der Waals surface area contributed by atoms with Crippen molar-refractivity contribution in [1.82, 2.24) is 10.2 Å². The van der Waals surface area contributed by atoms with Crippen molar-refractivity contribution in [3.63, 3.8) is 0 Å². The average molecular weight is 564 g/mol. The molecule has 0 aliphatic rings. The zero-order valence-electron chi connectivity index (χ0n) is 22.6. The lowest BCUT2D eigenvalue weighted by atomic mass is 9.98. The number of carbonyl (C=O) groups excluding carboxylic acids is 2. The Hall–Kier alpha value is -2.92. The predicted octanol–water partition coefficient (Wildman–Crippen LogP) is 7.06. The molecule has 1 atom stereocenters. The predicted molar refractivity (Wildman–Crippen MR) is 155 cm³/mol.